The van der Waals surface area contributed by atoms with Gasteiger partial charge in [-0.1, -0.05) is 0 Å². The molecule has 1 aliphatic rings. The highest BCUT2D eigenvalue weighted by molar-refractivity contribution is 5.68. The molecule has 3 heterocycles. The monoisotopic (exact) mass is 270 g/mol. The lowest BCUT2D eigenvalue weighted by Crippen LogP contribution is -2.24. The van der Waals surface area contributed by atoms with Crippen LogP contribution < -0.4 is 5.56 Å². The number of halogens is 1. The number of hydrogen-bond acceptors (Lipinski definition) is 6. The average Bonchev–Trinajstić information content (AvgIpc) is 2.92. The minimum Gasteiger partial charge on any atom is -0.394 e. The number of aromatic amines is 1. The summed E-state index contributed by atoms with van der Waals surface area (Å²) < 4.78 is 19.9. The summed E-state index contributed by atoms with van der Waals surface area (Å²) in [5, 5.41) is 18.7. The normalized spacial score (nSPS) is 27.2. The summed E-state index contributed by atoms with van der Waals surface area (Å²) in [4.78, 5) is 20.8. The molecule has 0 spiro atoms. The molecule has 0 saturated carbocycles. The van der Waals surface area contributed by atoms with Gasteiger partial charge in [-0.15, -0.1) is 0 Å². The summed E-state index contributed by atoms with van der Waals surface area (Å²) in [5.41, 5.74) is -0.650. The van der Waals surface area contributed by atoms with Crippen molar-refractivity contribution in [3.05, 3.63) is 22.8 Å². The Bertz CT molecular complexity index is 669. The lowest BCUT2D eigenvalue weighted by molar-refractivity contribution is -0.0432. The summed E-state index contributed by atoms with van der Waals surface area (Å²) in [7, 11) is 0. The zero-order chi connectivity index (χ0) is 13.6. The van der Waals surface area contributed by atoms with Crippen LogP contribution in [-0.2, 0) is 4.74 Å². The molecule has 1 aliphatic heterocycles. The van der Waals surface area contributed by atoms with Gasteiger partial charge in [0.1, 0.15) is 12.3 Å². The number of rotatable bonds is 2. The van der Waals surface area contributed by atoms with Crippen molar-refractivity contribution in [3.8, 4) is 0 Å². The van der Waals surface area contributed by atoms with Crippen LogP contribution in [0.1, 0.15) is 12.6 Å². The zero-order valence-electron chi connectivity index (χ0n) is 9.65. The molecule has 8 nitrogen and oxygen atoms in total. The molecule has 2 aromatic rings. The van der Waals surface area contributed by atoms with E-state index in [4.69, 9.17) is 9.84 Å². The third-order valence-corrected chi connectivity index (χ3v) is 3.10. The Balaban J connectivity index is 2.05. The molecule has 0 amide bonds. The molecule has 19 heavy (non-hydrogen) atoms. The largest absolute Gasteiger partial charge is 0.394 e. The number of imidazole rings is 1. The van der Waals surface area contributed by atoms with Gasteiger partial charge in [0.05, 0.1) is 19.0 Å². The Labute approximate surface area is 105 Å². The van der Waals surface area contributed by atoms with E-state index in [9.17, 15) is 14.3 Å². The third-order valence-electron chi connectivity index (χ3n) is 3.10. The SMILES string of the molecule is O=c1[nH]c(F)nc2c1ncn2[C@H]1C[C@@H](O)[C@H](CO)O1. The molecule has 3 atom stereocenters. The first-order valence-corrected chi connectivity index (χ1v) is 5.67. The quantitative estimate of drug-likeness (QED) is 0.597. The second-order valence-electron chi connectivity index (χ2n) is 4.30. The maximum Gasteiger partial charge on any atom is 0.291 e. The van der Waals surface area contributed by atoms with Crippen LogP contribution in [0.5, 0.6) is 0 Å². The molecular formula is C10H11FN4O4. The van der Waals surface area contributed by atoms with E-state index < -0.39 is 30.1 Å². The molecule has 0 radical (unpaired) electrons. The lowest BCUT2D eigenvalue weighted by atomic mass is 10.2. The fourth-order valence-electron chi connectivity index (χ4n) is 2.16. The van der Waals surface area contributed by atoms with Gasteiger partial charge in [0.15, 0.2) is 11.2 Å². The van der Waals surface area contributed by atoms with Crippen LogP contribution >= 0.6 is 0 Å². The molecule has 2 aromatic heterocycles. The average molecular weight is 270 g/mol. The molecule has 102 valence electrons. The van der Waals surface area contributed by atoms with Crippen molar-refractivity contribution in [1.82, 2.24) is 19.5 Å². The molecule has 9 heteroatoms. The van der Waals surface area contributed by atoms with Crippen LogP contribution in [0.25, 0.3) is 11.2 Å². The molecule has 0 bridgehead atoms. The van der Waals surface area contributed by atoms with E-state index in [2.05, 4.69) is 9.97 Å². The predicted octanol–water partition coefficient (Wildman–Crippen LogP) is -1.10. The van der Waals surface area contributed by atoms with Gasteiger partial charge in [-0.25, -0.2) is 4.98 Å². The van der Waals surface area contributed by atoms with E-state index in [1.54, 1.807) is 0 Å². The summed E-state index contributed by atoms with van der Waals surface area (Å²) in [5.74, 6) is 0. The van der Waals surface area contributed by atoms with Crippen LogP contribution in [0.15, 0.2) is 11.1 Å². The van der Waals surface area contributed by atoms with Crippen molar-refractivity contribution < 1.29 is 19.3 Å². The highest BCUT2D eigenvalue weighted by atomic mass is 19.1. The fraction of sp³-hybridized carbons (Fsp3) is 0.500. The topological polar surface area (TPSA) is 113 Å². The second-order valence-corrected chi connectivity index (χ2v) is 4.30. The minimum atomic E-state index is -1.02. The van der Waals surface area contributed by atoms with Crippen molar-refractivity contribution >= 4 is 11.2 Å². The highest BCUT2D eigenvalue weighted by Gasteiger charge is 2.35. The molecule has 0 aromatic carbocycles. The van der Waals surface area contributed by atoms with Crippen molar-refractivity contribution in [2.75, 3.05) is 6.61 Å². The zero-order valence-corrected chi connectivity index (χ0v) is 9.65. The first-order chi connectivity index (χ1) is 9.10. The van der Waals surface area contributed by atoms with Gasteiger partial charge in [0.2, 0.25) is 0 Å². The van der Waals surface area contributed by atoms with Gasteiger partial charge in [0.25, 0.3) is 11.6 Å². The first-order valence-electron chi connectivity index (χ1n) is 5.67. The van der Waals surface area contributed by atoms with Crippen molar-refractivity contribution in [2.45, 2.75) is 24.9 Å². The van der Waals surface area contributed by atoms with Crippen LogP contribution in [-0.4, -0.2) is 48.5 Å². The summed E-state index contributed by atoms with van der Waals surface area (Å²) in [6, 6.07) is 0. The van der Waals surface area contributed by atoms with Crippen molar-refractivity contribution in [3.63, 3.8) is 0 Å². The lowest BCUT2D eigenvalue weighted by Gasteiger charge is -2.13. The summed E-state index contributed by atoms with van der Waals surface area (Å²) in [6.07, 6.45) is -1.72. The Morgan fingerprint density at radius 1 is 1.63 bits per heavy atom. The summed E-state index contributed by atoms with van der Waals surface area (Å²) in [6.45, 7) is -0.327. The van der Waals surface area contributed by atoms with Crippen LogP contribution in [0.3, 0.4) is 0 Å². The van der Waals surface area contributed by atoms with E-state index >= 15 is 0 Å². The highest BCUT2D eigenvalue weighted by Crippen LogP contribution is 2.29. The fourth-order valence-corrected chi connectivity index (χ4v) is 2.16. The number of nitrogens with zero attached hydrogens (tertiary/aromatic N) is 3. The van der Waals surface area contributed by atoms with Crippen LogP contribution in [0, 0.1) is 6.08 Å². The number of aliphatic hydroxyl groups is 2. The van der Waals surface area contributed by atoms with E-state index in [0.717, 1.165) is 0 Å². The molecule has 3 N–H and O–H groups in total. The molecular weight excluding hydrogens is 259 g/mol. The van der Waals surface area contributed by atoms with E-state index in [0.29, 0.717) is 0 Å². The number of aromatic nitrogens is 4. The molecule has 0 unspecified atom stereocenters. The van der Waals surface area contributed by atoms with Gasteiger partial charge >= 0.3 is 0 Å². The Morgan fingerprint density at radius 3 is 3.11 bits per heavy atom. The van der Waals surface area contributed by atoms with Crippen molar-refractivity contribution in [1.29, 1.82) is 0 Å². The van der Waals surface area contributed by atoms with Gasteiger partial charge in [-0.2, -0.15) is 9.37 Å². The maximum absolute atomic E-state index is 13.1. The van der Waals surface area contributed by atoms with Crippen molar-refractivity contribution in [2.24, 2.45) is 0 Å². The van der Waals surface area contributed by atoms with E-state index in [-0.39, 0.29) is 24.2 Å². The molecule has 3 rings (SSSR count). The maximum atomic E-state index is 13.1. The Morgan fingerprint density at radius 2 is 2.42 bits per heavy atom. The minimum absolute atomic E-state index is 0.00746. The molecule has 0 aliphatic carbocycles. The standard InChI is InChI=1S/C10H11FN4O4/c11-10-13-8-7(9(18)14-10)12-3-15(8)6-1-4(17)5(2-16)19-6/h3-6,16-17H,1-2H2,(H,13,14,18)/t4-,5+,6-/m1/s1. The van der Waals surface area contributed by atoms with Crippen LogP contribution in [0.4, 0.5) is 4.39 Å². The molecule has 1 fully saturated rings. The molecule has 1 saturated heterocycles. The van der Waals surface area contributed by atoms with Gasteiger partial charge in [-0.05, 0) is 0 Å². The predicted molar refractivity (Wildman–Crippen MR) is 59.7 cm³/mol. The van der Waals surface area contributed by atoms with Gasteiger partial charge < -0.3 is 14.9 Å². The smallest absolute Gasteiger partial charge is 0.291 e. The Kier molecular flexibility index (Phi) is 2.81. The second kappa shape index (κ2) is 4.37. The number of fused-ring (bicyclic) bond motifs is 1. The number of nitrogens with one attached hydrogen (secondary N) is 1. The Hall–Kier alpha value is -1.84. The van der Waals surface area contributed by atoms with Gasteiger partial charge in [-0.3, -0.25) is 14.3 Å². The van der Waals surface area contributed by atoms with E-state index in [1.165, 1.54) is 10.9 Å². The van der Waals surface area contributed by atoms with E-state index in [1.807, 2.05) is 4.98 Å². The third kappa shape index (κ3) is 1.91. The number of hydrogen-bond donors (Lipinski definition) is 3. The number of ether oxygens (including phenoxy) is 1. The number of H-pyrrole nitrogens is 1. The van der Waals surface area contributed by atoms with Crippen LogP contribution in [0.2, 0.25) is 0 Å². The van der Waals surface area contributed by atoms with Gasteiger partial charge in [0, 0.05) is 6.42 Å². The summed E-state index contributed by atoms with van der Waals surface area (Å²) >= 11 is 0. The number of aliphatic hydroxyl groups excluding tert-OH is 2. The first kappa shape index (κ1) is 12.2.